The number of esters is 3. The lowest BCUT2D eigenvalue weighted by Crippen LogP contribution is -2.33. The van der Waals surface area contributed by atoms with E-state index in [9.17, 15) is 14.4 Å². The molecule has 7 nitrogen and oxygen atoms in total. The molecule has 30 heavy (non-hydrogen) atoms. The van der Waals surface area contributed by atoms with Crippen LogP contribution in [-0.4, -0.2) is 37.2 Å². The summed E-state index contributed by atoms with van der Waals surface area (Å²) in [5.74, 6) is -2.34. The van der Waals surface area contributed by atoms with Crippen molar-refractivity contribution in [1.82, 2.24) is 5.32 Å². The minimum atomic E-state index is -0.725. The summed E-state index contributed by atoms with van der Waals surface area (Å²) in [5, 5.41) is 3.55. The first-order chi connectivity index (χ1) is 14.1. The summed E-state index contributed by atoms with van der Waals surface area (Å²) in [6.45, 7) is 8.10. The molecule has 1 aliphatic heterocycles. The van der Waals surface area contributed by atoms with E-state index in [1.54, 1.807) is 52.0 Å². The maximum atomic E-state index is 13.0. The van der Waals surface area contributed by atoms with E-state index in [0.717, 1.165) is 0 Å². The van der Waals surface area contributed by atoms with Crippen molar-refractivity contribution in [2.24, 2.45) is 0 Å². The van der Waals surface area contributed by atoms with Crippen LogP contribution in [0.15, 0.2) is 46.8 Å². The molecule has 0 saturated heterocycles. The fourth-order valence-corrected chi connectivity index (χ4v) is 3.43. The van der Waals surface area contributed by atoms with Crippen molar-refractivity contribution in [3.63, 3.8) is 0 Å². The van der Waals surface area contributed by atoms with Crippen molar-refractivity contribution >= 4 is 29.5 Å². The number of dihydropyridines is 1. The first-order valence-electron chi connectivity index (χ1n) is 9.57. The Labute approximate surface area is 181 Å². The van der Waals surface area contributed by atoms with Crippen molar-refractivity contribution in [1.29, 1.82) is 0 Å². The second-order valence-electron chi connectivity index (χ2n) is 7.12. The highest BCUT2D eigenvalue weighted by Gasteiger charge is 2.38. The summed E-state index contributed by atoms with van der Waals surface area (Å²) in [6, 6.07) is 6.95. The lowest BCUT2D eigenvalue weighted by atomic mass is 9.80. The van der Waals surface area contributed by atoms with E-state index in [2.05, 4.69) is 5.32 Å². The van der Waals surface area contributed by atoms with Crippen LogP contribution in [0.4, 0.5) is 0 Å². The van der Waals surface area contributed by atoms with Crippen molar-refractivity contribution < 1.29 is 28.6 Å². The number of rotatable bonds is 7. The number of carbonyl (C=O) groups is 3. The molecule has 0 aromatic heterocycles. The third-order valence-electron chi connectivity index (χ3n) is 4.35. The lowest BCUT2D eigenvalue weighted by molar-refractivity contribution is -0.148. The summed E-state index contributed by atoms with van der Waals surface area (Å²) in [5.41, 5.74) is 2.37. The molecule has 0 spiro atoms. The molecule has 8 heteroatoms. The van der Waals surface area contributed by atoms with E-state index in [4.69, 9.17) is 25.8 Å². The van der Waals surface area contributed by atoms with E-state index in [1.807, 2.05) is 0 Å². The molecule has 1 aliphatic rings. The highest BCUT2D eigenvalue weighted by atomic mass is 35.5. The molecule has 1 heterocycles. The van der Waals surface area contributed by atoms with Gasteiger partial charge in [-0.3, -0.25) is 4.79 Å². The van der Waals surface area contributed by atoms with Gasteiger partial charge in [0.2, 0.25) is 0 Å². The monoisotopic (exact) mass is 435 g/mol. The normalized spacial score (nSPS) is 16.3. The molecule has 0 amide bonds. The smallest absolute Gasteiger partial charge is 0.337 e. The quantitative estimate of drug-likeness (QED) is 0.397. The summed E-state index contributed by atoms with van der Waals surface area (Å²) < 4.78 is 15.5. The Bertz CT molecular complexity index is 903. The fraction of sp³-hybridized carbons (Fsp3) is 0.409. The zero-order chi connectivity index (χ0) is 22.4. The van der Waals surface area contributed by atoms with Crippen LogP contribution < -0.4 is 5.32 Å². The number of ether oxygens (including phenoxy) is 3. The van der Waals surface area contributed by atoms with Gasteiger partial charge in [-0.2, -0.15) is 0 Å². The van der Waals surface area contributed by atoms with Gasteiger partial charge in [-0.15, -0.1) is 0 Å². The predicted octanol–water partition coefficient (Wildman–Crippen LogP) is 3.63. The van der Waals surface area contributed by atoms with E-state index in [0.29, 0.717) is 27.6 Å². The SMILES string of the molecule is CC(=O)OCCOC(=O)C1=C(C)NC(C)=C(C(=O)OC(C)C)C1c1cccc(Cl)c1. The fourth-order valence-electron chi connectivity index (χ4n) is 3.23. The van der Waals surface area contributed by atoms with Crippen LogP contribution in [0.2, 0.25) is 5.02 Å². The van der Waals surface area contributed by atoms with E-state index < -0.39 is 23.8 Å². The van der Waals surface area contributed by atoms with Gasteiger partial charge in [0, 0.05) is 23.3 Å². The number of carbonyl (C=O) groups excluding carboxylic acids is 3. The Morgan fingerprint density at radius 1 is 1.03 bits per heavy atom. The molecule has 0 bridgehead atoms. The zero-order valence-electron chi connectivity index (χ0n) is 17.7. The predicted molar refractivity (Wildman–Crippen MR) is 112 cm³/mol. The highest BCUT2D eigenvalue weighted by Crippen LogP contribution is 2.40. The second-order valence-corrected chi connectivity index (χ2v) is 7.56. The number of hydrogen-bond donors (Lipinski definition) is 1. The molecule has 1 aromatic carbocycles. The first kappa shape index (κ1) is 23.5. The number of benzene rings is 1. The average molecular weight is 436 g/mol. The minimum Gasteiger partial charge on any atom is -0.462 e. The van der Waals surface area contributed by atoms with Crippen molar-refractivity contribution in [2.75, 3.05) is 13.2 Å². The average Bonchev–Trinajstić information content (AvgIpc) is 2.63. The third kappa shape index (κ3) is 5.86. The van der Waals surface area contributed by atoms with Crippen LogP contribution in [0, 0.1) is 0 Å². The van der Waals surface area contributed by atoms with Crippen molar-refractivity contribution in [2.45, 2.75) is 46.6 Å². The zero-order valence-corrected chi connectivity index (χ0v) is 18.5. The van der Waals surface area contributed by atoms with Gasteiger partial charge in [-0.1, -0.05) is 23.7 Å². The van der Waals surface area contributed by atoms with Gasteiger partial charge in [-0.25, -0.2) is 9.59 Å². The Balaban J connectivity index is 2.44. The third-order valence-corrected chi connectivity index (χ3v) is 4.58. The molecule has 0 radical (unpaired) electrons. The number of nitrogens with one attached hydrogen (secondary N) is 1. The van der Waals surface area contributed by atoms with Gasteiger partial charge in [-0.05, 0) is 45.4 Å². The van der Waals surface area contributed by atoms with Crippen LogP contribution in [0.1, 0.15) is 46.1 Å². The Morgan fingerprint density at radius 3 is 2.20 bits per heavy atom. The molecule has 1 N–H and O–H groups in total. The minimum absolute atomic E-state index is 0.0558. The van der Waals surface area contributed by atoms with Gasteiger partial charge in [0.25, 0.3) is 0 Å². The van der Waals surface area contributed by atoms with Gasteiger partial charge < -0.3 is 19.5 Å². The van der Waals surface area contributed by atoms with Crippen LogP contribution in [0.3, 0.4) is 0 Å². The molecular formula is C22H26ClNO6. The molecule has 0 fully saturated rings. The molecular weight excluding hydrogens is 410 g/mol. The largest absolute Gasteiger partial charge is 0.462 e. The molecule has 1 unspecified atom stereocenters. The van der Waals surface area contributed by atoms with Gasteiger partial charge in [0.05, 0.1) is 23.2 Å². The highest BCUT2D eigenvalue weighted by molar-refractivity contribution is 6.30. The first-order valence-corrected chi connectivity index (χ1v) is 9.95. The maximum Gasteiger partial charge on any atom is 0.337 e. The van der Waals surface area contributed by atoms with Crippen molar-refractivity contribution in [3.05, 3.63) is 57.4 Å². The molecule has 2 rings (SSSR count). The summed E-state index contributed by atoms with van der Waals surface area (Å²) in [7, 11) is 0. The van der Waals surface area contributed by atoms with Crippen molar-refractivity contribution in [3.8, 4) is 0 Å². The van der Waals surface area contributed by atoms with Crippen LogP contribution in [0.5, 0.6) is 0 Å². The summed E-state index contributed by atoms with van der Waals surface area (Å²) in [4.78, 5) is 36.8. The number of halogens is 1. The Kier molecular flexibility index (Phi) is 8.06. The summed E-state index contributed by atoms with van der Waals surface area (Å²) >= 11 is 6.18. The Hall–Kier alpha value is -2.80. The summed E-state index contributed by atoms with van der Waals surface area (Å²) in [6.07, 6.45) is -0.330. The molecule has 162 valence electrons. The number of hydrogen-bond acceptors (Lipinski definition) is 7. The molecule has 1 aromatic rings. The standard InChI is InChI=1S/C22H26ClNO6/c1-12(2)30-22(27)19-14(4)24-13(3)18(21(26)29-10-9-28-15(5)25)20(19)16-7-6-8-17(23)11-16/h6-8,11-12,20,24H,9-10H2,1-5H3. The van der Waals surface area contributed by atoms with Gasteiger partial charge in [0.15, 0.2) is 0 Å². The topological polar surface area (TPSA) is 90.9 Å². The van der Waals surface area contributed by atoms with Gasteiger partial charge in [0.1, 0.15) is 13.2 Å². The molecule has 0 aliphatic carbocycles. The number of allylic oxidation sites excluding steroid dienone is 2. The molecule has 0 saturated carbocycles. The molecule has 1 atom stereocenters. The van der Waals surface area contributed by atoms with Crippen LogP contribution in [0.25, 0.3) is 0 Å². The lowest BCUT2D eigenvalue weighted by Gasteiger charge is -2.31. The second kappa shape index (κ2) is 10.3. The Morgan fingerprint density at radius 2 is 1.63 bits per heavy atom. The maximum absolute atomic E-state index is 13.0. The van der Waals surface area contributed by atoms with Crippen LogP contribution >= 0.6 is 11.6 Å². The van der Waals surface area contributed by atoms with E-state index in [1.165, 1.54) is 6.92 Å². The van der Waals surface area contributed by atoms with Crippen LogP contribution in [-0.2, 0) is 28.6 Å². The van der Waals surface area contributed by atoms with Gasteiger partial charge >= 0.3 is 17.9 Å². The van der Waals surface area contributed by atoms with E-state index in [-0.39, 0.29) is 24.9 Å². The van der Waals surface area contributed by atoms with E-state index >= 15 is 0 Å².